The molecule has 6 nitrogen and oxygen atoms in total. The van der Waals surface area contributed by atoms with Crippen molar-refractivity contribution in [3.8, 4) is 5.75 Å². The minimum Gasteiger partial charge on any atom is -0.489 e. The highest BCUT2D eigenvalue weighted by molar-refractivity contribution is 5.95. The standard InChI is InChI=1S/C22H27N3O3/c1-15-7-5-6-8-17(15)13-23-21(26)12-18-14-28-20-10-9-16(22(27)24(2)3)11-19(20)25(18)4/h5-11,18H,12-14H2,1-4H3,(H,23,26). The molecule has 0 aliphatic carbocycles. The summed E-state index contributed by atoms with van der Waals surface area (Å²) in [5, 5.41) is 2.99. The molecule has 1 unspecified atom stereocenters. The fraction of sp³-hybridized carbons (Fsp3) is 0.364. The Morgan fingerprint density at radius 3 is 2.68 bits per heavy atom. The van der Waals surface area contributed by atoms with E-state index in [-0.39, 0.29) is 17.9 Å². The fourth-order valence-corrected chi connectivity index (χ4v) is 3.29. The molecule has 0 saturated carbocycles. The van der Waals surface area contributed by atoms with Gasteiger partial charge in [-0.25, -0.2) is 0 Å². The minimum atomic E-state index is -0.0888. The number of benzene rings is 2. The summed E-state index contributed by atoms with van der Waals surface area (Å²) in [4.78, 5) is 28.3. The fourth-order valence-electron chi connectivity index (χ4n) is 3.29. The number of hydrogen-bond donors (Lipinski definition) is 1. The first kappa shape index (κ1) is 19.7. The lowest BCUT2D eigenvalue weighted by molar-refractivity contribution is -0.121. The van der Waals surface area contributed by atoms with Crippen LogP contribution in [0.3, 0.4) is 0 Å². The van der Waals surface area contributed by atoms with Gasteiger partial charge in [0.15, 0.2) is 0 Å². The third-order valence-corrected chi connectivity index (χ3v) is 5.13. The van der Waals surface area contributed by atoms with Crippen LogP contribution >= 0.6 is 0 Å². The summed E-state index contributed by atoms with van der Waals surface area (Å²) in [6.45, 7) is 2.98. The van der Waals surface area contributed by atoms with E-state index >= 15 is 0 Å². The minimum absolute atomic E-state index is 0.0207. The van der Waals surface area contributed by atoms with E-state index in [4.69, 9.17) is 4.74 Å². The Hall–Kier alpha value is -3.02. The molecule has 1 heterocycles. The predicted octanol–water partition coefficient (Wildman–Crippen LogP) is 2.60. The Kier molecular flexibility index (Phi) is 5.87. The molecule has 3 rings (SSSR count). The van der Waals surface area contributed by atoms with E-state index in [1.807, 2.05) is 55.3 Å². The first-order chi connectivity index (χ1) is 13.4. The smallest absolute Gasteiger partial charge is 0.253 e. The molecular formula is C22H27N3O3. The van der Waals surface area contributed by atoms with E-state index in [0.29, 0.717) is 25.1 Å². The average Bonchev–Trinajstić information content (AvgIpc) is 2.68. The Labute approximate surface area is 166 Å². The summed E-state index contributed by atoms with van der Waals surface area (Å²) in [7, 11) is 5.39. The van der Waals surface area contributed by atoms with Gasteiger partial charge in [0.2, 0.25) is 5.91 Å². The van der Waals surface area contributed by atoms with Crippen molar-refractivity contribution in [2.24, 2.45) is 0 Å². The van der Waals surface area contributed by atoms with Crippen molar-refractivity contribution in [2.75, 3.05) is 32.6 Å². The molecule has 2 aromatic carbocycles. The molecule has 1 aliphatic heterocycles. The van der Waals surface area contributed by atoms with Crippen LogP contribution in [-0.4, -0.2) is 50.5 Å². The van der Waals surface area contributed by atoms with Gasteiger partial charge < -0.3 is 19.9 Å². The van der Waals surface area contributed by atoms with Gasteiger partial charge in [0, 0.05) is 33.3 Å². The average molecular weight is 381 g/mol. The van der Waals surface area contributed by atoms with Crippen LogP contribution in [0.5, 0.6) is 5.75 Å². The molecule has 28 heavy (non-hydrogen) atoms. The van der Waals surface area contributed by atoms with Crippen molar-refractivity contribution < 1.29 is 14.3 Å². The van der Waals surface area contributed by atoms with E-state index in [1.54, 1.807) is 25.1 Å². The number of hydrogen-bond acceptors (Lipinski definition) is 4. The van der Waals surface area contributed by atoms with Gasteiger partial charge in [-0.05, 0) is 36.2 Å². The maximum atomic E-state index is 12.5. The lowest BCUT2D eigenvalue weighted by Gasteiger charge is -2.35. The number of nitrogens with zero attached hydrogens (tertiary/aromatic N) is 2. The molecule has 0 bridgehead atoms. The topological polar surface area (TPSA) is 61.9 Å². The van der Waals surface area contributed by atoms with Crippen LogP contribution < -0.4 is 15.0 Å². The number of carbonyl (C=O) groups excluding carboxylic acids is 2. The van der Waals surface area contributed by atoms with E-state index < -0.39 is 0 Å². The zero-order chi connectivity index (χ0) is 20.3. The normalized spacial score (nSPS) is 15.4. The Balaban J connectivity index is 1.65. The summed E-state index contributed by atoms with van der Waals surface area (Å²) >= 11 is 0. The van der Waals surface area contributed by atoms with Crippen molar-refractivity contribution in [3.63, 3.8) is 0 Å². The van der Waals surface area contributed by atoms with E-state index in [0.717, 1.165) is 22.6 Å². The van der Waals surface area contributed by atoms with Crippen LogP contribution in [0.15, 0.2) is 42.5 Å². The number of amides is 2. The Morgan fingerprint density at radius 2 is 1.96 bits per heavy atom. The summed E-state index contributed by atoms with van der Waals surface area (Å²) in [6.07, 6.45) is 0.327. The molecule has 0 saturated heterocycles. The van der Waals surface area contributed by atoms with Crippen LogP contribution in [0.2, 0.25) is 0 Å². The number of carbonyl (C=O) groups is 2. The van der Waals surface area contributed by atoms with Crippen LogP contribution in [0, 0.1) is 6.92 Å². The third kappa shape index (κ3) is 4.27. The van der Waals surface area contributed by atoms with Gasteiger partial charge in [-0.3, -0.25) is 9.59 Å². The van der Waals surface area contributed by atoms with Crippen molar-refractivity contribution in [1.82, 2.24) is 10.2 Å². The molecule has 0 aromatic heterocycles. The second-order valence-corrected chi connectivity index (χ2v) is 7.37. The van der Waals surface area contributed by atoms with Crippen molar-refractivity contribution in [3.05, 3.63) is 59.2 Å². The molecule has 0 spiro atoms. The van der Waals surface area contributed by atoms with E-state index in [1.165, 1.54) is 0 Å². The van der Waals surface area contributed by atoms with Crippen molar-refractivity contribution in [1.29, 1.82) is 0 Å². The summed E-state index contributed by atoms with van der Waals surface area (Å²) < 4.78 is 5.84. The number of anilines is 1. The molecule has 148 valence electrons. The first-order valence-corrected chi connectivity index (χ1v) is 9.39. The van der Waals surface area contributed by atoms with Gasteiger partial charge in [0.1, 0.15) is 12.4 Å². The molecular weight excluding hydrogens is 354 g/mol. The maximum absolute atomic E-state index is 12.5. The van der Waals surface area contributed by atoms with E-state index in [2.05, 4.69) is 5.32 Å². The summed E-state index contributed by atoms with van der Waals surface area (Å²) in [5.41, 5.74) is 3.70. The van der Waals surface area contributed by atoms with Gasteiger partial charge in [-0.2, -0.15) is 0 Å². The van der Waals surface area contributed by atoms with Crippen molar-refractivity contribution >= 4 is 17.5 Å². The molecule has 2 amide bonds. The Bertz CT molecular complexity index is 879. The van der Waals surface area contributed by atoms with Crippen LogP contribution in [0.4, 0.5) is 5.69 Å². The number of aryl methyl sites for hydroxylation is 1. The second-order valence-electron chi connectivity index (χ2n) is 7.37. The highest BCUT2D eigenvalue weighted by Crippen LogP contribution is 2.34. The molecule has 0 radical (unpaired) electrons. The van der Waals surface area contributed by atoms with E-state index in [9.17, 15) is 9.59 Å². The highest BCUT2D eigenvalue weighted by Gasteiger charge is 2.27. The predicted molar refractivity (Wildman–Crippen MR) is 110 cm³/mol. The number of likely N-dealkylation sites (N-methyl/N-ethyl adjacent to an activating group) is 1. The second kappa shape index (κ2) is 8.33. The van der Waals surface area contributed by atoms with Gasteiger partial charge >= 0.3 is 0 Å². The lowest BCUT2D eigenvalue weighted by Crippen LogP contribution is -2.43. The molecule has 1 atom stereocenters. The Morgan fingerprint density at radius 1 is 1.21 bits per heavy atom. The molecule has 1 aliphatic rings. The monoisotopic (exact) mass is 381 g/mol. The number of nitrogens with one attached hydrogen (secondary N) is 1. The maximum Gasteiger partial charge on any atom is 0.253 e. The molecule has 1 N–H and O–H groups in total. The largest absolute Gasteiger partial charge is 0.489 e. The van der Waals surface area contributed by atoms with Gasteiger partial charge in [-0.15, -0.1) is 0 Å². The SMILES string of the molecule is Cc1ccccc1CNC(=O)CC1COc2ccc(C(=O)N(C)C)cc2N1C. The quantitative estimate of drug-likeness (QED) is 0.865. The van der Waals surface area contributed by atoms with Crippen LogP contribution in [-0.2, 0) is 11.3 Å². The summed E-state index contributed by atoms with van der Waals surface area (Å²) in [6, 6.07) is 13.3. The zero-order valence-electron chi connectivity index (χ0n) is 16.9. The third-order valence-electron chi connectivity index (χ3n) is 5.13. The van der Waals surface area contributed by atoms with Gasteiger partial charge in [0.25, 0.3) is 5.91 Å². The number of rotatable bonds is 5. The zero-order valence-corrected chi connectivity index (χ0v) is 16.9. The number of ether oxygens (including phenoxy) is 1. The van der Waals surface area contributed by atoms with Crippen molar-refractivity contribution in [2.45, 2.75) is 25.9 Å². The van der Waals surface area contributed by atoms with Gasteiger partial charge in [0.05, 0.1) is 18.2 Å². The molecule has 0 fully saturated rings. The summed E-state index contributed by atoms with van der Waals surface area (Å²) in [5.74, 6) is 0.649. The lowest BCUT2D eigenvalue weighted by atomic mass is 10.1. The van der Waals surface area contributed by atoms with Gasteiger partial charge in [-0.1, -0.05) is 24.3 Å². The molecule has 6 heteroatoms. The van der Waals surface area contributed by atoms with Crippen LogP contribution in [0.25, 0.3) is 0 Å². The number of fused-ring (bicyclic) bond motifs is 1. The van der Waals surface area contributed by atoms with Crippen LogP contribution in [0.1, 0.15) is 27.9 Å². The highest BCUT2D eigenvalue weighted by atomic mass is 16.5. The molecule has 2 aromatic rings. The first-order valence-electron chi connectivity index (χ1n) is 9.39.